The fraction of sp³-hybridized carbons (Fsp3) is 0.286. The van der Waals surface area contributed by atoms with Crippen LogP contribution in [0.4, 0.5) is 0 Å². The van der Waals surface area contributed by atoms with Crippen LogP contribution in [0.5, 0.6) is 0 Å². The van der Waals surface area contributed by atoms with Gasteiger partial charge in [-0.25, -0.2) is 4.79 Å². The van der Waals surface area contributed by atoms with Crippen LogP contribution in [-0.2, 0) is 11.5 Å². The van der Waals surface area contributed by atoms with Gasteiger partial charge in [0.2, 0.25) is 0 Å². The summed E-state index contributed by atoms with van der Waals surface area (Å²) in [5, 5.41) is 8.51. The highest BCUT2D eigenvalue weighted by molar-refractivity contribution is 5.87. The SMILES string of the molecule is COCn1ccc(C(=O)O)c1. The molecule has 0 fully saturated rings. The predicted molar refractivity (Wildman–Crippen MR) is 38.4 cm³/mol. The Balaban J connectivity index is 2.73. The first-order valence-corrected chi connectivity index (χ1v) is 3.12. The molecule has 4 heteroatoms. The average molecular weight is 155 g/mol. The van der Waals surface area contributed by atoms with E-state index >= 15 is 0 Å². The number of rotatable bonds is 3. The van der Waals surface area contributed by atoms with Crippen LogP contribution in [0.2, 0.25) is 0 Å². The highest BCUT2D eigenvalue weighted by Crippen LogP contribution is 2.00. The molecule has 0 saturated carbocycles. The Bertz CT molecular complexity index is 254. The molecule has 1 aromatic rings. The summed E-state index contributed by atoms with van der Waals surface area (Å²) in [6, 6.07) is 1.53. The molecule has 1 rings (SSSR count). The van der Waals surface area contributed by atoms with Gasteiger partial charge in [0.05, 0.1) is 5.56 Å². The third kappa shape index (κ3) is 1.81. The minimum atomic E-state index is -0.917. The number of carboxylic acids is 1. The lowest BCUT2D eigenvalue weighted by Crippen LogP contribution is -1.97. The van der Waals surface area contributed by atoms with E-state index in [0.717, 1.165) is 0 Å². The Morgan fingerprint density at radius 3 is 3.00 bits per heavy atom. The Labute approximate surface area is 64.0 Å². The normalized spacial score (nSPS) is 9.91. The molecule has 1 heterocycles. The van der Waals surface area contributed by atoms with Gasteiger partial charge in [0.25, 0.3) is 0 Å². The van der Waals surface area contributed by atoms with Gasteiger partial charge in [0, 0.05) is 19.5 Å². The number of aromatic nitrogens is 1. The molecule has 0 aromatic carbocycles. The summed E-state index contributed by atoms with van der Waals surface area (Å²) >= 11 is 0. The van der Waals surface area contributed by atoms with Gasteiger partial charge in [-0.05, 0) is 6.07 Å². The third-order valence-corrected chi connectivity index (χ3v) is 1.28. The van der Waals surface area contributed by atoms with Crippen LogP contribution in [0, 0.1) is 0 Å². The van der Waals surface area contributed by atoms with Crippen molar-refractivity contribution in [3.63, 3.8) is 0 Å². The molecule has 0 amide bonds. The van der Waals surface area contributed by atoms with E-state index in [0.29, 0.717) is 6.73 Å². The third-order valence-electron chi connectivity index (χ3n) is 1.28. The number of aromatic carboxylic acids is 1. The molecule has 1 N–H and O–H groups in total. The molecule has 11 heavy (non-hydrogen) atoms. The van der Waals surface area contributed by atoms with E-state index in [1.54, 1.807) is 17.9 Å². The average Bonchev–Trinajstić information content (AvgIpc) is 2.37. The minimum Gasteiger partial charge on any atom is -0.478 e. The van der Waals surface area contributed by atoms with Crippen molar-refractivity contribution in [1.82, 2.24) is 4.57 Å². The summed E-state index contributed by atoms with van der Waals surface area (Å²) in [6.07, 6.45) is 3.18. The minimum absolute atomic E-state index is 0.280. The van der Waals surface area contributed by atoms with Gasteiger partial charge in [-0.15, -0.1) is 0 Å². The van der Waals surface area contributed by atoms with Crippen molar-refractivity contribution in [2.24, 2.45) is 0 Å². The van der Waals surface area contributed by atoms with E-state index < -0.39 is 5.97 Å². The van der Waals surface area contributed by atoms with Crippen LogP contribution in [0.15, 0.2) is 18.5 Å². The van der Waals surface area contributed by atoms with Crippen molar-refractivity contribution in [1.29, 1.82) is 0 Å². The highest BCUT2D eigenvalue weighted by Gasteiger charge is 2.02. The van der Waals surface area contributed by atoms with Gasteiger partial charge in [0.15, 0.2) is 0 Å². The van der Waals surface area contributed by atoms with Gasteiger partial charge >= 0.3 is 5.97 Å². The lowest BCUT2D eigenvalue weighted by molar-refractivity contribution is 0.0696. The first-order chi connectivity index (χ1) is 5.24. The van der Waals surface area contributed by atoms with Crippen molar-refractivity contribution in [2.45, 2.75) is 6.73 Å². The molecule has 0 saturated heterocycles. The first-order valence-electron chi connectivity index (χ1n) is 3.12. The van der Waals surface area contributed by atoms with E-state index in [2.05, 4.69) is 0 Å². The molecule has 0 atom stereocenters. The maximum atomic E-state index is 10.4. The second kappa shape index (κ2) is 3.21. The van der Waals surface area contributed by atoms with E-state index in [9.17, 15) is 4.79 Å². The summed E-state index contributed by atoms with van der Waals surface area (Å²) in [7, 11) is 1.56. The molecule has 0 spiro atoms. The molecule has 4 nitrogen and oxygen atoms in total. The van der Waals surface area contributed by atoms with Gasteiger partial charge < -0.3 is 14.4 Å². The maximum absolute atomic E-state index is 10.4. The summed E-state index contributed by atoms with van der Waals surface area (Å²) in [4.78, 5) is 10.4. The zero-order chi connectivity index (χ0) is 8.27. The Morgan fingerprint density at radius 1 is 1.82 bits per heavy atom. The monoisotopic (exact) mass is 155 g/mol. The van der Waals surface area contributed by atoms with Crippen LogP contribution >= 0.6 is 0 Å². The Hall–Kier alpha value is -1.29. The molecular formula is C7H9NO3. The molecule has 0 aliphatic carbocycles. The van der Waals surface area contributed by atoms with Crippen LogP contribution < -0.4 is 0 Å². The van der Waals surface area contributed by atoms with Gasteiger partial charge in [-0.2, -0.15) is 0 Å². The van der Waals surface area contributed by atoms with Gasteiger partial charge in [0.1, 0.15) is 6.73 Å². The molecular weight excluding hydrogens is 146 g/mol. The van der Waals surface area contributed by atoms with E-state index in [1.165, 1.54) is 12.3 Å². The van der Waals surface area contributed by atoms with E-state index in [-0.39, 0.29) is 5.56 Å². The summed E-state index contributed by atoms with van der Waals surface area (Å²) in [6.45, 7) is 0.382. The van der Waals surface area contributed by atoms with Crippen molar-refractivity contribution in [2.75, 3.05) is 7.11 Å². The predicted octanol–water partition coefficient (Wildman–Crippen LogP) is 0.790. The molecule has 0 aliphatic heterocycles. The second-order valence-corrected chi connectivity index (χ2v) is 2.14. The molecule has 0 unspecified atom stereocenters. The number of nitrogens with zero attached hydrogens (tertiary/aromatic N) is 1. The Morgan fingerprint density at radius 2 is 2.55 bits per heavy atom. The standard InChI is InChI=1S/C7H9NO3/c1-11-5-8-3-2-6(4-8)7(9)10/h2-4H,5H2,1H3,(H,9,10). The van der Waals surface area contributed by atoms with Crippen molar-refractivity contribution in [3.05, 3.63) is 24.0 Å². The zero-order valence-electron chi connectivity index (χ0n) is 6.15. The fourth-order valence-electron chi connectivity index (χ4n) is 0.797. The number of hydrogen-bond acceptors (Lipinski definition) is 2. The summed E-state index contributed by atoms with van der Waals surface area (Å²) in [5.41, 5.74) is 0.280. The van der Waals surface area contributed by atoms with E-state index in [4.69, 9.17) is 9.84 Å². The van der Waals surface area contributed by atoms with Crippen LogP contribution in [0.3, 0.4) is 0 Å². The van der Waals surface area contributed by atoms with Crippen LogP contribution in [0.1, 0.15) is 10.4 Å². The topological polar surface area (TPSA) is 51.5 Å². The number of carboxylic acid groups (broad SMARTS) is 1. The number of hydrogen-bond donors (Lipinski definition) is 1. The second-order valence-electron chi connectivity index (χ2n) is 2.14. The van der Waals surface area contributed by atoms with E-state index in [1.807, 2.05) is 0 Å². The van der Waals surface area contributed by atoms with Crippen molar-refractivity contribution >= 4 is 5.97 Å². The summed E-state index contributed by atoms with van der Waals surface area (Å²) < 4.78 is 6.45. The maximum Gasteiger partial charge on any atom is 0.337 e. The van der Waals surface area contributed by atoms with Crippen LogP contribution in [-0.4, -0.2) is 22.8 Å². The lowest BCUT2D eigenvalue weighted by atomic mass is 10.4. The molecule has 1 aromatic heterocycles. The zero-order valence-corrected chi connectivity index (χ0v) is 6.15. The molecule has 0 aliphatic rings. The van der Waals surface area contributed by atoms with Crippen molar-refractivity contribution in [3.8, 4) is 0 Å². The quantitative estimate of drug-likeness (QED) is 0.702. The van der Waals surface area contributed by atoms with Gasteiger partial charge in [-0.3, -0.25) is 0 Å². The first kappa shape index (κ1) is 7.81. The van der Waals surface area contributed by atoms with Gasteiger partial charge in [-0.1, -0.05) is 0 Å². The largest absolute Gasteiger partial charge is 0.478 e. The number of methoxy groups -OCH3 is 1. The Kier molecular flexibility index (Phi) is 2.28. The number of carbonyl (C=O) groups is 1. The molecule has 60 valence electrons. The fourth-order valence-corrected chi connectivity index (χ4v) is 0.797. The van der Waals surface area contributed by atoms with Crippen LogP contribution in [0.25, 0.3) is 0 Å². The summed E-state index contributed by atoms with van der Waals surface area (Å²) in [5.74, 6) is -0.917. The smallest absolute Gasteiger partial charge is 0.337 e. The highest BCUT2D eigenvalue weighted by atomic mass is 16.5. The lowest BCUT2D eigenvalue weighted by Gasteiger charge is -1.97. The van der Waals surface area contributed by atoms with Crippen molar-refractivity contribution < 1.29 is 14.6 Å². The molecule has 0 bridgehead atoms. The number of ether oxygens (including phenoxy) is 1. The molecule has 0 radical (unpaired) electrons.